The topological polar surface area (TPSA) is 38.3 Å². The average Bonchev–Trinajstić information content (AvgIpc) is 2.53. The van der Waals surface area contributed by atoms with Crippen LogP contribution < -0.4 is 10.1 Å². The number of carbonyl (C=O) groups excluding carboxylic acids is 1. The van der Waals surface area contributed by atoms with E-state index < -0.39 is 23.4 Å². The van der Waals surface area contributed by atoms with Crippen LogP contribution in [-0.2, 0) is 11.2 Å². The summed E-state index contributed by atoms with van der Waals surface area (Å²) in [6.45, 7) is 0. The molecule has 0 fully saturated rings. The number of aryl methyl sites for hydroxylation is 1. The molecule has 0 saturated heterocycles. The molecule has 0 radical (unpaired) electrons. The molecule has 0 spiro atoms. The van der Waals surface area contributed by atoms with Crippen molar-refractivity contribution < 1.29 is 22.7 Å². The van der Waals surface area contributed by atoms with Gasteiger partial charge in [0.05, 0.1) is 17.3 Å². The fourth-order valence-electron chi connectivity index (χ4n) is 1.96. The maximum absolute atomic E-state index is 13.5. The molecular weight excluding hydrogens is 375 g/mol. The first kappa shape index (κ1) is 17.3. The van der Waals surface area contributed by atoms with Gasteiger partial charge in [-0.2, -0.15) is 0 Å². The SMILES string of the molecule is COc1ccc(CCC(=O)Nc2ccc(F)c(F)c2F)cc1Br. The van der Waals surface area contributed by atoms with Gasteiger partial charge in [-0.25, -0.2) is 13.2 Å². The van der Waals surface area contributed by atoms with Gasteiger partial charge in [0.25, 0.3) is 0 Å². The number of hydrogen-bond acceptors (Lipinski definition) is 2. The molecular formula is C16H13BrF3NO2. The fraction of sp³-hybridized carbons (Fsp3) is 0.188. The van der Waals surface area contributed by atoms with Crippen LogP contribution in [0.15, 0.2) is 34.8 Å². The predicted octanol–water partition coefficient (Wildman–Crippen LogP) is 4.45. The molecule has 2 aromatic carbocycles. The quantitative estimate of drug-likeness (QED) is 0.769. The third kappa shape index (κ3) is 4.25. The molecule has 2 aromatic rings. The minimum atomic E-state index is -1.61. The number of amides is 1. The van der Waals surface area contributed by atoms with Gasteiger partial charge in [-0.3, -0.25) is 4.79 Å². The Morgan fingerprint density at radius 1 is 1.17 bits per heavy atom. The van der Waals surface area contributed by atoms with Crippen molar-refractivity contribution in [3.8, 4) is 5.75 Å². The maximum atomic E-state index is 13.5. The standard InChI is InChI=1S/C16H13BrF3NO2/c1-23-13-6-2-9(8-10(13)17)3-7-14(22)21-12-5-4-11(18)15(19)16(12)20/h2,4-6,8H,3,7H2,1H3,(H,21,22). The molecule has 3 nitrogen and oxygen atoms in total. The van der Waals surface area contributed by atoms with E-state index in [1.165, 1.54) is 0 Å². The van der Waals surface area contributed by atoms with Crippen molar-refractivity contribution in [1.29, 1.82) is 0 Å². The molecule has 0 aliphatic carbocycles. The molecule has 7 heteroatoms. The van der Waals surface area contributed by atoms with Crippen molar-refractivity contribution in [3.05, 3.63) is 57.8 Å². The second-order valence-corrected chi connectivity index (χ2v) is 5.59. The zero-order valence-electron chi connectivity index (χ0n) is 12.1. The first-order chi connectivity index (χ1) is 10.9. The minimum absolute atomic E-state index is 0.0667. The van der Waals surface area contributed by atoms with Crippen molar-refractivity contribution >= 4 is 27.5 Å². The highest BCUT2D eigenvalue weighted by molar-refractivity contribution is 9.10. The first-order valence-corrected chi connectivity index (χ1v) is 7.47. The van der Waals surface area contributed by atoms with Crippen LogP contribution >= 0.6 is 15.9 Å². The van der Waals surface area contributed by atoms with Crippen molar-refractivity contribution in [2.24, 2.45) is 0 Å². The monoisotopic (exact) mass is 387 g/mol. The number of ether oxygens (including phenoxy) is 1. The summed E-state index contributed by atoms with van der Waals surface area (Å²) in [5, 5.41) is 2.23. The van der Waals surface area contributed by atoms with E-state index in [2.05, 4.69) is 21.2 Å². The van der Waals surface area contributed by atoms with Crippen LogP contribution in [-0.4, -0.2) is 13.0 Å². The Bertz CT molecular complexity index is 738. The highest BCUT2D eigenvalue weighted by atomic mass is 79.9. The summed E-state index contributed by atoms with van der Waals surface area (Å²) in [5.74, 6) is -4.15. The van der Waals surface area contributed by atoms with Crippen molar-refractivity contribution in [1.82, 2.24) is 0 Å². The van der Waals surface area contributed by atoms with Gasteiger partial charge in [0.2, 0.25) is 5.91 Å². The molecule has 122 valence electrons. The summed E-state index contributed by atoms with van der Waals surface area (Å²) in [4.78, 5) is 11.8. The van der Waals surface area contributed by atoms with E-state index in [-0.39, 0.29) is 12.1 Å². The Morgan fingerprint density at radius 3 is 2.57 bits per heavy atom. The Balaban J connectivity index is 1.98. The molecule has 0 bridgehead atoms. The maximum Gasteiger partial charge on any atom is 0.224 e. The smallest absolute Gasteiger partial charge is 0.224 e. The van der Waals surface area contributed by atoms with Crippen LogP contribution in [0.5, 0.6) is 5.75 Å². The Hall–Kier alpha value is -2.02. The number of methoxy groups -OCH3 is 1. The number of rotatable bonds is 5. The highest BCUT2D eigenvalue weighted by Crippen LogP contribution is 2.26. The van der Waals surface area contributed by atoms with Gasteiger partial charge >= 0.3 is 0 Å². The van der Waals surface area contributed by atoms with Crippen LogP contribution in [0.2, 0.25) is 0 Å². The lowest BCUT2D eigenvalue weighted by Gasteiger charge is -2.08. The number of hydrogen-bond donors (Lipinski definition) is 1. The van der Waals surface area contributed by atoms with Crippen LogP contribution in [0.4, 0.5) is 18.9 Å². The molecule has 0 aromatic heterocycles. The lowest BCUT2D eigenvalue weighted by Crippen LogP contribution is -2.14. The van der Waals surface area contributed by atoms with Gasteiger partial charge in [-0.15, -0.1) is 0 Å². The summed E-state index contributed by atoms with van der Waals surface area (Å²) in [7, 11) is 1.55. The first-order valence-electron chi connectivity index (χ1n) is 6.68. The largest absolute Gasteiger partial charge is 0.496 e. The predicted molar refractivity (Wildman–Crippen MR) is 84.0 cm³/mol. The normalized spacial score (nSPS) is 10.5. The Labute approximate surface area is 139 Å². The molecule has 2 rings (SSSR count). The fourth-order valence-corrected chi connectivity index (χ4v) is 2.55. The lowest BCUT2D eigenvalue weighted by molar-refractivity contribution is -0.116. The molecule has 1 N–H and O–H groups in total. The lowest BCUT2D eigenvalue weighted by atomic mass is 10.1. The summed E-state index contributed by atoms with van der Waals surface area (Å²) >= 11 is 3.34. The number of anilines is 1. The van der Waals surface area contributed by atoms with E-state index in [9.17, 15) is 18.0 Å². The van der Waals surface area contributed by atoms with Gasteiger partial charge < -0.3 is 10.1 Å². The van der Waals surface area contributed by atoms with Crippen LogP contribution in [0.25, 0.3) is 0 Å². The molecule has 0 aliphatic heterocycles. The van der Waals surface area contributed by atoms with E-state index in [4.69, 9.17) is 4.74 Å². The highest BCUT2D eigenvalue weighted by Gasteiger charge is 2.15. The number of halogens is 4. The average molecular weight is 388 g/mol. The zero-order valence-corrected chi connectivity index (χ0v) is 13.7. The van der Waals surface area contributed by atoms with Gasteiger partial charge in [-0.1, -0.05) is 6.07 Å². The minimum Gasteiger partial charge on any atom is -0.496 e. The Morgan fingerprint density at radius 2 is 1.91 bits per heavy atom. The molecule has 0 aliphatic rings. The summed E-state index contributed by atoms with van der Waals surface area (Å²) in [6.07, 6.45) is 0.469. The summed E-state index contributed by atoms with van der Waals surface area (Å²) in [6, 6.07) is 7.11. The second kappa shape index (κ2) is 7.50. The van der Waals surface area contributed by atoms with E-state index in [1.807, 2.05) is 6.07 Å². The van der Waals surface area contributed by atoms with Gasteiger partial charge in [0.15, 0.2) is 17.5 Å². The second-order valence-electron chi connectivity index (χ2n) is 4.74. The molecule has 0 atom stereocenters. The van der Waals surface area contributed by atoms with E-state index in [0.29, 0.717) is 12.2 Å². The number of nitrogens with one attached hydrogen (secondary N) is 1. The van der Waals surface area contributed by atoms with E-state index >= 15 is 0 Å². The van der Waals surface area contributed by atoms with Crippen LogP contribution in [0.1, 0.15) is 12.0 Å². The summed E-state index contributed by atoms with van der Waals surface area (Å²) < 4.78 is 45.2. The Kier molecular flexibility index (Phi) is 5.65. The third-order valence-corrected chi connectivity index (χ3v) is 3.79. The van der Waals surface area contributed by atoms with Gasteiger partial charge in [0, 0.05) is 6.42 Å². The molecule has 0 saturated carbocycles. The van der Waals surface area contributed by atoms with Crippen molar-refractivity contribution in [3.63, 3.8) is 0 Å². The van der Waals surface area contributed by atoms with Crippen LogP contribution in [0, 0.1) is 17.5 Å². The van der Waals surface area contributed by atoms with Crippen molar-refractivity contribution in [2.45, 2.75) is 12.8 Å². The van der Waals surface area contributed by atoms with Crippen molar-refractivity contribution in [2.75, 3.05) is 12.4 Å². The molecule has 0 heterocycles. The van der Waals surface area contributed by atoms with Gasteiger partial charge in [0.1, 0.15) is 5.75 Å². The summed E-state index contributed by atoms with van der Waals surface area (Å²) in [5.41, 5.74) is 0.489. The third-order valence-electron chi connectivity index (χ3n) is 3.17. The molecule has 1 amide bonds. The zero-order chi connectivity index (χ0) is 17.0. The van der Waals surface area contributed by atoms with E-state index in [0.717, 1.165) is 22.2 Å². The van der Waals surface area contributed by atoms with Crippen LogP contribution in [0.3, 0.4) is 0 Å². The number of benzene rings is 2. The van der Waals surface area contributed by atoms with E-state index in [1.54, 1.807) is 19.2 Å². The number of carbonyl (C=O) groups is 1. The molecule has 23 heavy (non-hydrogen) atoms. The van der Waals surface area contributed by atoms with Gasteiger partial charge in [-0.05, 0) is 52.2 Å². The molecule has 0 unspecified atom stereocenters.